The van der Waals surface area contributed by atoms with Crippen LogP contribution in [-0.2, 0) is 11.2 Å². The summed E-state index contributed by atoms with van der Waals surface area (Å²) in [6.07, 6.45) is 2.59. The molecule has 3 aromatic rings. The molecular weight excluding hydrogens is 429 g/mol. The van der Waals surface area contributed by atoms with E-state index in [4.69, 9.17) is 5.11 Å². The van der Waals surface area contributed by atoms with E-state index in [2.05, 4.69) is 11.1 Å². The van der Waals surface area contributed by atoms with Crippen molar-refractivity contribution < 1.29 is 23.1 Å². The molecule has 0 amide bonds. The minimum absolute atomic E-state index is 0.00772. The van der Waals surface area contributed by atoms with E-state index in [1.807, 2.05) is 26.0 Å². The van der Waals surface area contributed by atoms with Crippen molar-refractivity contribution in [3.63, 3.8) is 0 Å². The van der Waals surface area contributed by atoms with Gasteiger partial charge in [-0.05, 0) is 75.6 Å². The second kappa shape index (κ2) is 8.37. The first kappa shape index (κ1) is 23.1. The number of fused-ring (bicyclic) bond motifs is 3. The number of carbonyl (C=O) groups is 1. The number of alkyl halides is 1. The summed E-state index contributed by atoms with van der Waals surface area (Å²) in [6.45, 7) is 6.83. The Kier molecular flexibility index (Phi) is 5.86. The first-order chi connectivity index (χ1) is 15.4. The molecule has 2 heterocycles. The smallest absolute Gasteiger partial charge is 0.328 e. The molecule has 1 aromatic heterocycles. The van der Waals surface area contributed by atoms with Gasteiger partial charge in [0.15, 0.2) is 0 Å². The Bertz CT molecular complexity index is 1230. The van der Waals surface area contributed by atoms with Crippen molar-refractivity contribution in [1.29, 1.82) is 0 Å². The van der Waals surface area contributed by atoms with Gasteiger partial charge in [-0.15, -0.1) is 0 Å². The van der Waals surface area contributed by atoms with E-state index in [9.17, 15) is 9.18 Å². The summed E-state index contributed by atoms with van der Waals surface area (Å²) in [6, 6.07) is 7.17. The SMILES string of the molecule is Cc1ccc2[nH]c3c(c2c1)CC(C)N(CC(C)(C)F)C3c1c(F)cc(/C=C/C(=O)O)cc1F. The number of aryl methyl sites for hydroxylation is 1. The van der Waals surface area contributed by atoms with Crippen molar-refractivity contribution in [2.45, 2.75) is 51.9 Å². The Labute approximate surface area is 190 Å². The summed E-state index contributed by atoms with van der Waals surface area (Å²) in [5, 5.41) is 9.82. The van der Waals surface area contributed by atoms with Gasteiger partial charge in [0.2, 0.25) is 0 Å². The van der Waals surface area contributed by atoms with E-state index >= 15 is 8.78 Å². The van der Waals surface area contributed by atoms with Crippen LogP contribution in [0, 0.1) is 18.6 Å². The fraction of sp³-hybridized carbons (Fsp3) is 0.346. The van der Waals surface area contributed by atoms with Crippen LogP contribution in [-0.4, -0.2) is 39.2 Å². The molecule has 174 valence electrons. The molecule has 0 bridgehead atoms. The van der Waals surface area contributed by atoms with E-state index in [-0.39, 0.29) is 23.7 Å². The highest BCUT2D eigenvalue weighted by atomic mass is 19.1. The van der Waals surface area contributed by atoms with Gasteiger partial charge in [0.1, 0.15) is 17.3 Å². The number of benzene rings is 2. The van der Waals surface area contributed by atoms with Crippen molar-refractivity contribution in [2.24, 2.45) is 0 Å². The van der Waals surface area contributed by atoms with E-state index in [0.717, 1.165) is 46.3 Å². The Morgan fingerprint density at radius 3 is 2.52 bits per heavy atom. The van der Waals surface area contributed by atoms with Gasteiger partial charge >= 0.3 is 5.97 Å². The van der Waals surface area contributed by atoms with E-state index in [1.165, 1.54) is 13.8 Å². The lowest BCUT2D eigenvalue weighted by Gasteiger charge is -2.43. The van der Waals surface area contributed by atoms with Gasteiger partial charge in [0, 0.05) is 40.8 Å². The third-order valence-corrected chi connectivity index (χ3v) is 6.12. The molecule has 4 rings (SSSR count). The van der Waals surface area contributed by atoms with Gasteiger partial charge in [-0.2, -0.15) is 0 Å². The number of hydrogen-bond donors (Lipinski definition) is 2. The maximum absolute atomic E-state index is 15.4. The lowest BCUT2D eigenvalue weighted by Crippen LogP contribution is -2.48. The minimum Gasteiger partial charge on any atom is -0.478 e. The summed E-state index contributed by atoms with van der Waals surface area (Å²) in [5.41, 5.74) is 1.92. The molecular formula is C26H27F3N2O2. The highest BCUT2D eigenvalue weighted by Gasteiger charge is 2.40. The molecule has 0 radical (unpaired) electrons. The van der Waals surface area contributed by atoms with Gasteiger partial charge in [-0.3, -0.25) is 4.90 Å². The zero-order valence-electron chi connectivity index (χ0n) is 19.0. The van der Waals surface area contributed by atoms with Crippen molar-refractivity contribution in [2.75, 3.05) is 6.54 Å². The average molecular weight is 457 g/mol. The van der Waals surface area contributed by atoms with Crippen LogP contribution in [0.4, 0.5) is 13.2 Å². The van der Waals surface area contributed by atoms with Crippen molar-refractivity contribution in [3.8, 4) is 0 Å². The number of carboxylic acid groups (broad SMARTS) is 1. The molecule has 2 aromatic carbocycles. The van der Waals surface area contributed by atoms with Gasteiger partial charge < -0.3 is 10.1 Å². The van der Waals surface area contributed by atoms with E-state index < -0.39 is 29.3 Å². The first-order valence-corrected chi connectivity index (χ1v) is 10.9. The average Bonchev–Trinajstić information content (AvgIpc) is 3.04. The van der Waals surface area contributed by atoms with Crippen LogP contribution in [0.15, 0.2) is 36.4 Å². The Balaban J connectivity index is 1.93. The fourth-order valence-corrected chi connectivity index (χ4v) is 4.79. The van der Waals surface area contributed by atoms with Crippen LogP contribution in [0.5, 0.6) is 0 Å². The number of aliphatic carboxylic acids is 1. The monoisotopic (exact) mass is 456 g/mol. The van der Waals surface area contributed by atoms with Crippen molar-refractivity contribution >= 4 is 22.9 Å². The van der Waals surface area contributed by atoms with Gasteiger partial charge in [0.05, 0.1) is 6.04 Å². The summed E-state index contributed by atoms with van der Waals surface area (Å²) < 4.78 is 45.6. The van der Waals surface area contributed by atoms with Crippen LogP contribution < -0.4 is 0 Å². The van der Waals surface area contributed by atoms with Crippen LogP contribution in [0.25, 0.3) is 17.0 Å². The summed E-state index contributed by atoms with van der Waals surface area (Å²) in [5.74, 6) is -2.82. The molecule has 2 unspecified atom stereocenters. The van der Waals surface area contributed by atoms with Crippen molar-refractivity contribution in [1.82, 2.24) is 9.88 Å². The second-order valence-corrected chi connectivity index (χ2v) is 9.48. The lowest BCUT2D eigenvalue weighted by atomic mass is 9.86. The number of halogens is 3. The number of carboxylic acids is 1. The van der Waals surface area contributed by atoms with Crippen LogP contribution in [0.2, 0.25) is 0 Å². The van der Waals surface area contributed by atoms with Crippen LogP contribution in [0.3, 0.4) is 0 Å². The molecule has 33 heavy (non-hydrogen) atoms. The number of nitrogens with one attached hydrogen (secondary N) is 1. The predicted octanol–water partition coefficient (Wildman–Crippen LogP) is 5.94. The molecule has 1 aliphatic heterocycles. The Morgan fingerprint density at radius 1 is 1.24 bits per heavy atom. The summed E-state index contributed by atoms with van der Waals surface area (Å²) >= 11 is 0. The molecule has 2 N–H and O–H groups in total. The predicted molar refractivity (Wildman–Crippen MR) is 123 cm³/mol. The maximum Gasteiger partial charge on any atom is 0.328 e. The third kappa shape index (κ3) is 4.55. The molecule has 0 fully saturated rings. The van der Waals surface area contributed by atoms with Gasteiger partial charge in [0.25, 0.3) is 0 Å². The number of aromatic amines is 1. The normalized spacial score (nSPS) is 19.4. The lowest BCUT2D eigenvalue weighted by molar-refractivity contribution is -0.131. The summed E-state index contributed by atoms with van der Waals surface area (Å²) in [4.78, 5) is 15.9. The molecule has 0 saturated heterocycles. The molecule has 0 spiro atoms. The molecule has 2 atom stereocenters. The summed E-state index contributed by atoms with van der Waals surface area (Å²) in [7, 11) is 0. The molecule has 1 aliphatic rings. The van der Waals surface area contributed by atoms with Gasteiger partial charge in [-0.1, -0.05) is 11.6 Å². The van der Waals surface area contributed by atoms with Crippen LogP contribution >= 0.6 is 0 Å². The number of aromatic nitrogens is 1. The standard InChI is InChI=1S/C26H27F3N2O2/c1-14-5-7-21-17(9-14)18-10-15(2)31(13-26(3,4)29)25(24(18)30-21)23-19(27)11-16(12-20(23)28)6-8-22(32)33/h5-9,11-12,15,25,30H,10,13H2,1-4H3,(H,32,33)/b8-6+. The highest BCUT2D eigenvalue weighted by Crippen LogP contribution is 2.43. The first-order valence-electron chi connectivity index (χ1n) is 10.9. The van der Waals surface area contributed by atoms with E-state index in [0.29, 0.717) is 12.1 Å². The van der Waals surface area contributed by atoms with Crippen molar-refractivity contribution in [3.05, 3.63) is 76.0 Å². The zero-order chi connectivity index (χ0) is 24.1. The van der Waals surface area contributed by atoms with Gasteiger partial charge in [-0.25, -0.2) is 18.0 Å². The third-order valence-electron chi connectivity index (χ3n) is 6.12. The fourth-order valence-electron chi connectivity index (χ4n) is 4.79. The Hall–Kier alpha value is -3.06. The molecule has 4 nitrogen and oxygen atoms in total. The maximum atomic E-state index is 15.4. The van der Waals surface area contributed by atoms with Crippen LogP contribution in [0.1, 0.15) is 54.8 Å². The zero-order valence-corrected chi connectivity index (χ0v) is 19.0. The molecule has 7 heteroatoms. The minimum atomic E-state index is -1.58. The number of hydrogen-bond acceptors (Lipinski definition) is 2. The molecule has 0 saturated carbocycles. The number of nitrogens with zero attached hydrogens (tertiary/aromatic N) is 1. The largest absolute Gasteiger partial charge is 0.478 e. The number of H-pyrrole nitrogens is 1. The number of rotatable bonds is 5. The quantitative estimate of drug-likeness (QED) is 0.468. The topological polar surface area (TPSA) is 56.3 Å². The highest BCUT2D eigenvalue weighted by molar-refractivity contribution is 5.86. The Morgan fingerprint density at radius 2 is 1.91 bits per heavy atom. The second-order valence-electron chi connectivity index (χ2n) is 9.48. The molecule has 0 aliphatic carbocycles. The van der Waals surface area contributed by atoms with E-state index in [1.54, 1.807) is 4.90 Å².